The molecule has 0 unspecified atom stereocenters. The lowest BCUT2D eigenvalue weighted by Gasteiger charge is -2.12. The van der Waals surface area contributed by atoms with Gasteiger partial charge in [-0.25, -0.2) is 13.4 Å². The SMILES string of the molecule is CCn1cc(-c2cc(C(=O)Nc3cc(S(=O)(=O)CC)ccc3O)c3ccccc3n2)c(C)n1. The van der Waals surface area contributed by atoms with Gasteiger partial charge in [0.25, 0.3) is 5.91 Å². The first-order chi connectivity index (χ1) is 15.7. The molecule has 2 N–H and O–H groups in total. The van der Waals surface area contributed by atoms with Crippen molar-refractivity contribution >= 4 is 32.3 Å². The number of hydrogen-bond acceptors (Lipinski definition) is 6. The Labute approximate surface area is 191 Å². The van der Waals surface area contributed by atoms with E-state index >= 15 is 0 Å². The minimum absolute atomic E-state index is 0.0203. The largest absolute Gasteiger partial charge is 0.506 e. The van der Waals surface area contributed by atoms with Crippen LogP contribution in [0.3, 0.4) is 0 Å². The van der Waals surface area contributed by atoms with E-state index in [0.29, 0.717) is 28.7 Å². The van der Waals surface area contributed by atoms with Crippen molar-refractivity contribution < 1.29 is 18.3 Å². The molecule has 0 atom stereocenters. The third-order valence-corrected chi connectivity index (χ3v) is 7.19. The molecule has 0 radical (unpaired) electrons. The molecule has 0 saturated carbocycles. The predicted molar refractivity (Wildman–Crippen MR) is 127 cm³/mol. The summed E-state index contributed by atoms with van der Waals surface area (Å²) >= 11 is 0. The molecule has 2 heterocycles. The molecule has 0 spiro atoms. The van der Waals surface area contributed by atoms with E-state index in [-0.39, 0.29) is 22.1 Å². The highest BCUT2D eigenvalue weighted by atomic mass is 32.2. The van der Waals surface area contributed by atoms with Crippen LogP contribution < -0.4 is 5.32 Å². The van der Waals surface area contributed by atoms with Gasteiger partial charge in [0.15, 0.2) is 9.84 Å². The molecule has 0 aliphatic rings. The smallest absolute Gasteiger partial charge is 0.256 e. The first-order valence-electron chi connectivity index (χ1n) is 10.5. The van der Waals surface area contributed by atoms with Gasteiger partial charge < -0.3 is 10.4 Å². The van der Waals surface area contributed by atoms with Gasteiger partial charge in [-0.15, -0.1) is 0 Å². The zero-order chi connectivity index (χ0) is 23.8. The van der Waals surface area contributed by atoms with E-state index in [1.54, 1.807) is 16.8 Å². The lowest BCUT2D eigenvalue weighted by atomic mass is 10.0. The Kier molecular flexibility index (Phi) is 5.90. The van der Waals surface area contributed by atoms with Gasteiger partial charge in [-0.1, -0.05) is 25.1 Å². The first-order valence-corrected chi connectivity index (χ1v) is 12.2. The van der Waals surface area contributed by atoms with Gasteiger partial charge >= 0.3 is 0 Å². The molecular formula is C24H24N4O4S. The van der Waals surface area contributed by atoms with E-state index in [4.69, 9.17) is 4.98 Å². The van der Waals surface area contributed by atoms with Gasteiger partial charge in [0.2, 0.25) is 0 Å². The maximum Gasteiger partial charge on any atom is 0.256 e. The molecular weight excluding hydrogens is 440 g/mol. The van der Waals surface area contributed by atoms with Gasteiger partial charge in [0.05, 0.1) is 38.8 Å². The number of phenolic OH excluding ortho intramolecular Hbond substituents is 1. The number of rotatable bonds is 6. The topological polar surface area (TPSA) is 114 Å². The number of carbonyl (C=O) groups is 1. The average Bonchev–Trinajstić information content (AvgIpc) is 3.20. The molecule has 0 saturated heterocycles. The Morgan fingerprint density at radius 3 is 2.58 bits per heavy atom. The summed E-state index contributed by atoms with van der Waals surface area (Å²) < 4.78 is 26.3. The number of sulfone groups is 1. The number of aryl methyl sites for hydroxylation is 2. The number of anilines is 1. The van der Waals surface area contributed by atoms with Crippen LogP contribution in [0.2, 0.25) is 0 Å². The highest BCUT2D eigenvalue weighted by molar-refractivity contribution is 7.91. The number of phenols is 1. The molecule has 4 aromatic rings. The Morgan fingerprint density at radius 2 is 1.88 bits per heavy atom. The minimum Gasteiger partial charge on any atom is -0.506 e. The predicted octanol–water partition coefficient (Wildman–Crippen LogP) is 4.18. The lowest BCUT2D eigenvalue weighted by Crippen LogP contribution is -2.14. The van der Waals surface area contributed by atoms with Gasteiger partial charge in [-0.05, 0) is 44.2 Å². The van der Waals surface area contributed by atoms with Crippen molar-refractivity contribution in [1.29, 1.82) is 0 Å². The van der Waals surface area contributed by atoms with Crippen LogP contribution in [0.25, 0.3) is 22.2 Å². The number of pyridine rings is 1. The monoisotopic (exact) mass is 464 g/mol. The number of aromatic hydroxyl groups is 1. The average molecular weight is 465 g/mol. The molecule has 170 valence electrons. The summed E-state index contributed by atoms with van der Waals surface area (Å²) in [5.74, 6) is -0.803. The summed E-state index contributed by atoms with van der Waals surface area (Å²) in [6.45, 7) is 6.11. The molecule has 9 heteroatoms. The van der Waals surface area contributed by atoms with E-state index in [1.165, 1.54) is 25.1 Å². The van der Waals surface area contributed by atoms with Crippen LogP contribution in [0.5, 0.6) is 5.75 Å². The number of hydrogen-bond donors (Lipinski definition) is 2. The number of nitrogens with zero attached hydrogens (tertiary/aromatic N) is 3. The van der Waals surface area contributed by atoms with E-state index in [9.17, 15) is 18.3 Å². The Bertz CT molecular complexity index is 1480. The zero-order valence-corrected chi connectivity index (χ0v) is 19.3. The summed E-state index contributed by atoms with van der Waals surface area (Å²) in [6.07, 6.45) is 1.89. The lowest BCUT2D eigenvalue weighted by molar-refractivity contribution is 0.102. The Morgan fingerprint density at radius 1 is 1.12 bits per heavy atom. The molecule has 1 amide bonds. The maximum absolute atomic E-state index is 13.3. The Balaban J connectivity index is 1.80. The van der Waals surface area contributed by atoms with Crippen LogP contribution >= 0.6 is 0 Å². The van der Waals surface area contributed by atoms with Crippen LogP contribution in [-0.2, 0) is 16.4 Å². The van der Waals surface area contributed by atoms with Gasteiger partial charge in [-0.3, -0.25) is 9.48 Å². The second-order valence-corrected chi connectivity index (χ2v) is 9.87. The van der Waals surface area contributed by atoms with Gasteiger partial charge in [0.1, 0.15) is 5.75 Å². The fourth-order valence-corrected chi connectivity index (χ4v) is 4.50. The second kappa shape index (κ2) is 8.67. The molecule has 4 rings (SSSR count). The standard InChI is InChI=1S/C24H24N4O4S/c1-4-28-14-19(15(3)27-28)21-13-18(17-8-6-7-9-20(17)25-21)24(30)26-22-12-16(10-11-23(22)29)33(31,32)5-2/h6-14,29H,4-5H2,1-3H3,(H,26,30). The molecule has 0 fully saturated rings. The molecule has 2 aromatic carbocycles. The number of benzene rings is 2. The third-order valence-electron chi connectivity index (χ3n) is 5.46. The van der Waals surface area contributed by atoms with Gasteiger partial charge in [-0.2, -0.15) is 5.10 Å². The van der Waals surface area contributed by atoms with E-state index < -0.39 is 15.7 Å². The van der Waals surface area contributed by atoms with Crippen molar-refractivity contribution in [2.24, 2.45) is 0 Å². The minimum atomic E-state index is -3.50. The normalized spacial score (nSPS) is 11.6. The number of para-hydroxylation sites is 1. The molecule has 33 heavy (non-hydrogen) atoms. The number of aromatic nitrogens is 3. The number of fused-ring (bicyclic) bond motifs is 1. The maximum atomic E-state index is 13.3. The van der Waals surface area contributed by atoms with E-state index in [2.05, 4.69) is 10.4 Å². The van der Waals surface area contributed by atoms with E-state index in [1.807, 2.05) is 38.2 Å². The van der Waals surface area contributed by atoms with Gasteiger partial charge in [0, 0.05) is 23.7 Å². The summed E-state index contributed by atoms with van der Waals surface area (Å²) in [5.41, 5.74) is 3.21. The summed E-state index contributed by atoms with van der Waals surface area (Å²) in [5, 5.41) is 18.0. The van der Waals surface area contributed by atoms with Crippen LogP contribution in [-0.4, -0.2) is 39.9 Å². The van der Waals surface area contributed by atoms with Crippen molar-refractivity contribution in [3.8, 4) is 17.0 Å². The Hall–Kier alpha value is -3.72. The number of amides is 1. The molecule has 0 aliphatic carbocycles. The second-order valence-electron chi connectivity index (χ2n) is 7.59. The number of carbonyl (C=O) groups excluding carboxylic acids is 1. The van der Waals surface area contributed by atoms with Crippen molar-refractivity contribution in [3.63, 3.8) is 0 Å². The zero-order valence-electron chi connectivity index (χ0n) is 18.5. The quantitative estimate of drug-likeness (QED) is 0.414. The fraction of sp³-hybridized carbons (Fsp3) is 0.208. The van der Waals surface area contributed by atoms with Crippen molar-refractivity contribution in [2.45, 2.75) is 32.2 Å². The van der Waals surface area contributed by atoms with Crippen molar-refractivity contribution in [2.75, 3.05) is 11.1 Å². The molecule has 8 nitrogen and oxygen atoms in total. The summed E-state index contributed by atoms with van der Waals surface area (Å²) in [7, 11) is -3.50. The molecule has 0 bridgehead atoms. The highest BCUT2D eigenvalue weighted by Crippen LogP contribution is 2.30. The van der Waals surface area contributed by atoms with Crippen LogP contribution in [0, 0.1) is 6.92 Å². The third kappa shape index (κ3) is 4.31. The summed E-state index contributed by atoms with van der Waals surface area (Å²) in [4.78, 5) is 18.1. The fourth-order valence-electron chi connectivity index (χ4n) is 3.60. The van der Waals surface area contributed by atoms with E-state index in [0.717, 1.165) is 11.3 Å². The van der Waals surface area contributed by atoms with Crippen molar-refractivity contribution in [1.82, 2.24) is 14.8 Å². The molecule has 2 aromatic heterocycles. The first kappa shape index (κ1) is 22.5. The van der Waals surface area contributed by atoms with Crippen molar-refractivity contribution in [3.05, 3.63) is 66.0 Å². The van der Waals surface area contributed by atoms with Crippen LogP contribution in [0.15, 0.2) is 59.6 Å². The van der Waals surface area contributed by atoms with Crippen LogP contribution in [0.4, 0.5) is 5.69 Å². The summed E-state index contributed by atoms with van der Waals surface area (Å²) in [6, 6.07) is 12.8. The molecule has 0 aliphatic heterocycles. The highest BCUT2D eigenvalue weighted by Gasteiger charge is 2.19. The van der Waals surface area contributed by atoms with Crippen LogP contribution in [0.1, 0.15) is 29.9 Å². The number of nitrogens with one attached hydrogen (secondary N) is 1.